The monoisotopic (exact) mass is 388 g/mol. The smallest absolute Gasteiger partial charge is 0.269 e. The second-order valence-corrected chi connectivity index (χ2v) is 7.64. The fourth-order valence-electron chi connectivity index (χ4n) is 3.87. The van der Waals surface area contributed by atoms with Crippen LogP contribution in [0.1, 0.15) is 36.7 Å². The van der Waals surface area contributed by atoms with E-state index in [1.165, 1.54) is 4.90 Å². The predicted octanol–water partition coefficient (Wildman–Crippen LogP) is 2.84. The van der Waals surface area contributed by atoms with Crippen LogP contribution in [0.15, 0.2) is 36.4 Å². The first-order valence-corrected chi connectivity index (χ1v) is 9.43. The zero-order chi connectivity index (χ0) is 19.9. The van der Waals surface area contributed by atoms with Crippen molar-refractivity contribution < 1.29 is 18.4 Å². The van der Waals surface area contributed by atoms with E-state index < -0.39 is 23.3 Å². The Balaban J connectivity index is 1.40. The van der Waals surface area contributed by atoms with Gasteiger partial charge in [-0.3, -0.25) is 14.7 Å². The molecule has 1 aliphatic carbocycles. The van der Waals surface area contributed by atoms with E-state index in [2.05, 4.69) is 15.5 Å². The first kappa shape index (κ1) is 18.6. The minimum Gasteiger partial charge on any atom is -0.340 e. The number of H-pyrrole nitrogens is 1. The third-order valence-electron chi connectivity index (χ3n) is 5.78. The number of nitrogens with one attached hydrogen (secondary N) is 2. The third-order valence-corrected chi connectivity index (χ3v) is 5.78. The van der Waals surface area contributed by atoms with Gasteiger partial charge in [-0.2, -0.15) is 5.10 Å². The highest BCUT2D eigenvalue weighted by Gasteiger charge is 2.73. The highest BCUT2D eigenvalue weighted by Crippen LogP contribution is 2.65. The van der Waals surface area contributed by atoms with Crippen molar-refractivity contribution in [3.05, 3.63) is 42.1 Å². The molecule has 2 heterocycles. The van der Waals surface area contributed by atoms with Crippen LogP contribution in [-0.4, -0.2) is 52.0 Å². The lowest BCUT2D eigenvalue weighted by molar-refractivity contribution is -0.132. The summed E-state index contributed by atoms with van der Waals surface area (Å²) in [5, 5.41) is 9.54. The zero-order valence-electron chi connectivity index (χ0n) is 15.5. The number of alkyl halides is 2. The van der Waals surface area contributed by atoms with Crippen LogP contribution in [0.25, 0.3) is 11.3 Å². The van der Waals surface area contributed by atoms with E-state index in [1.54, 1.807) is 13.0 Å². The summed E-state index contributed by atoms with van der Waals surface area (Å²) in [5.74, 6) is -3.42. The molecule has 28 heavy (non-hydrogen) atoms. The summed E-state index contributed by atoms with van der Waals surface area (Å²) < 4.78 is 27.1. The summed E-state index contributed by atoms with van der Waals surface area (Å²) in [6, 6.07) is 10.3. The number of carbonyl (C=O) groups excluding carboxylic acids is 2. The number of likely N-dealkylation sites (tertiary alicyclic amines) is 1. The number of rotatable bonds is 5. The fraction of sp³-hybridized carbons (Fsp3) is 0.450. The maximum Gasteiger partial charge on any atom is 0.269 e. The molecule has 2 fully saturated rings. The van der Waals surface area contributed by atoms with Crippen molar-refractivity contribution in [3.8, 4) is 11.3 Å². The average molecular weight is 388 g/mol. The number of halogens is 2. The second-order valence-electron chi connectivity index (χ2n) is 7.64. The molecule has 2 amide bonds. The number of benzene rings is 1. The van der Waals surface area contributed by atoms with Crippen LogP contribution in [0, 0.1) is 5.41 Å². The lowest BCUT2D eigenvalue weighted by Crippen LogP contribution is -2.47. The van der Waals surface area contributed by atoms with Gasteiger partial charge in [0.05, 0.1) is 11.1 Å². The predicted molar refractivity (Wildman–Crippen MR) is 98.8 cm³/mol. The van der Waals surface area contributed by atoms with Gasteiger partial charge >= 0.3 is 0 Å². The van der Waals surface area contributed by atoms with Crippen LogP contribution in [0.5, 0.6) is 0 Å². The van der Waals surface area contributed by atoms with Gasteiger partial charge in [-0.05, 0) is 18.9 Å². The Morgan fingerprint density at radius 2 is 2.04 bits per heavy atom. The van der Waals surface area contributed by atoms with Gasteiger partial charge in [0.25, 0.3) is 11.8 Å². The Hall–Kier alpha value is -2.77. The summed E-state index contributed by atoms with van der Waals surface area (Å²) >= 11 is 0. The number of hydrogen-bond acceptors (Lipinski definition) is 3. The molecule has 2 N–H and O–H groups in total. The Kier molecular flexibility index (Phi) is 4.44. The van der Waals surface area contributed by atoms with E-state index in [-0.39, 0.29) is 24.6 Å². The number of aromatic nitrogens is 2. The average Bonchev–Trinajstić information content (AvgIpc) is 3.12. The molecule has 6 nitrogen and oxygen atoms in total. The summed E-state index contributed by atoms with van der Waals surface area (Å²) in [6.07, 6.45) is 0.546. The maximum atomic E-state index is 13.6. The van der Waals surface area contributed by atoms with Crippen LogP contribution in [0.3, 0.4) is 0 Å². The van der Waals surface area contributed by atoms with Crippen molar-refractivity contribution in [3.63, 3.8) is 0 Å². The van der Waals surface area contributed by atoms with E-state index in [0.29, 0.717) is 25.1 Å². The normalized spacial score (nSPS) is 23.6. The first-order chi connectivity index (χ1) is 13.4. The van der Waals surface area contributed by atoms with Crippen molar-refractivity contribution in [1.29, 1.82) is 0 Å². The molecule has 4 rings (SSSR count). The molecule has 2 atom stereocenters. The Labute approximate surface area is 161 Å². The summed E-state index contributed by atoms with van der Waals surface area (Å²) in [6.45, 7) is 2.15. The van der Waals surface area contributed by atoms with Crippen LogP contribution in [-0.2, 0) is 4.79 Å². The molecule has 1 aromatic heterocycles. The Bertz CT molecular complexity index is 899. The largest absolute Gasteiger partial charge is 0.340 e. The molecule has 2 aliphatic rings. The van der Waals surface area contributed by atoms with Crippen molar-refractivity contribution in [2.24, 2.45) is 5.41 Å². The van der Waals surface area contributed by atoms with Gasteiger partial charge in [0.1, 0.15) is 11.7 Å². The fourth-order valence-corrected chi connectivity index (χ4v) is 3.87. The molecule has 2 aromatic rings. The standard InChI is InChI=1S/C20H22F2N4O2/c1-2-14(18(28)26-9-8-19(12-26)11-20(19,21)22)23-17(27)16-10-15(24-25-16)13-6-4-3-5-7-13/h3-7,10,14H,2,8-9,11-12H2,1H3,(H,23,27)(H,24,25)/t14-,19?/m1/s1. The molecule has 1 saturated carbocycles. The van der Waals surface area contributed by atoms with Gasteiger partial charge in [-0.25, -0.2) is 8.78 Å². The SMILES string of the molecule is CC[C@@H](NC(=O)c1cc(-c2ccccc2)n[nH]1)C(=O)N1CCC2(C1)CC2(F)F. The van der Waals surface area contributed by atoms with E-state index in [9.17, 15) is 18.4 Å². The maximum absolute atomic E-state index is 13.6. The van der Waals surface area contributed by atoms with Crippen LogP contribution < -0.4 is 5.32 Å². The van der Waals surface area contributed by atoms with Gasteiger partial charge in [0, 0.05) is 25.1 Å². The van der Waals surface area contributed by atoms with Crippen LogP contribution >= 0.6 is 0 Å². The van der Waals surface area contributed by atoms with Gasteiger partial charge in [-0.1, -0.05) is 37.3 Å². The molecule has 1 saturated heterocycles. The highest BCUT2D eigenvalue weighted by atomic mass is 19.3. The van der Waals surface area contributed by atoms with Crippen LogP contribution in [0.2, 0.25) is 0 Å². The molecule has 1 aliphatic heterocycles. The highest BCUT2D eigenvalue weighted by molar-refractivity contribution is 5.96. The quantitative estimate of drug-likeness (QED) is 0.827. The van der Waals surface area contributed by atoms with Gasteiger partial charge in [0.15, 0.2) is 0 Å². The summed E-state index contributed by atoms with van der Waals surface area (Å²) in [7, 11) is 0. The molecule has 148 valence electrons. The van der Waals surface area contributed by atoms with Crippen molar-refractivity contribution in [2.45, 2.75) is 38.2 Å². The second kappa shape index (κ2) is 6.68. The van der Waals surface area contributed by atoms with Gasteiger partial charge in [-0.15, -0.1) is 0 Å². The van der Waals surface area contributed by atoms with Crippen molar-refractivity contribution in [1.82, 2.24) is 20.4 Å². The van der Waals surface area contributed by atoms with E-state index in [0.717, 1.165) is 5.56 Å². The van der Waals surface area contributed by atoms with Crippen molar-refractivity contribution in [2.75, 3.05) is 13.1 Å². The number of hydrogen-bond donors (Lipinski definition) is 2. The minimum absolute atomic E-state index is 0.0629. The van der Waals surface area contributed by atoms with Crippen molar-refractivity contribution >= 4 is 11.8 Å². The molecule has 1 unspecified atom stereocenters. The molecular weight excluding hydrogens is 366 g/mol. The number of carbonyl (C=O) groups is 2. The topological polar surface area (TPSA) is 78.1 Å². The molecule has 8 heteroatoms. The molecule has 0 radical (unpaired) electrons. The summed E-state index contributed by atoms with van der Waals surface area (Å²) in [4.78, 5) is 26.7. The van der Waals surface area contributed by atoms with Gasteiger partial charge < -0.3 is 10.2 Å². The number of amides is 2. The molecule has 1 aromatic carbocycles. The lowest BCUT2D eigenvalue weighted by atomic mass is 10.1. The first-order valence-electron chi connectivity index (χ1n) is 9.43. The van der Waals surface area contributed by atoms with E-state index in [1.807, 2.05) is 30.3 Å². The Morgan fingerprint density at radius 1 is 1.32 bits per heavy atom. The van der Waals surface area contributed by atoms with E-state index >= 15 is 0 Å². The van der Waals surface area contributed by atoms with Gasteiger partial charge in [0.2, 0.25) is 5.91 Å². The molecule has 1 spiro atoms. The number of nitrogens with zero attached hydrogens (tertiary/aromatic N) is 2. The number of aromatic amines is 1. The molecular formula is C20H22F2N4O2. The lowest BCUT2D eigenvalue weighted by Gasteiger charge is -2.23. The third kappa shape index (κ3) is 3.16. The summed E-state index contributed by atoms with van der Waals surface area (Å²) in [5.41, 5.74) is 0.701. The molecule has 0 bridgehead atoms. The minimum atomic E-state index is -2.67. The van der Waals surface area contributed by atoms with E-state index in [4.69, 9.17) is 0 Å². The zero-order valence-corrected chi connectivity index (χ0v) is 15.5. The Morgan fingerprint density at radius 3 is 2.64 bits per heavy atom. The van der Waals surface area contributed by atoms with Crippen LogP contribution in [0.4, 0.5) is 8.78 Å².